The van der Waals surface area contributed by atoms with E-state index in [0.29, 0.717) is 13.2 Å². The van der Waals surface area contributed by atoms with Crippen molar-refractivity contribution in [1.29, 1.82) is 0 Å². The first-order chi connectivity index (χ1) is 10.2. The average Bonchev–Trinajstić information content (AvgIpc) is 2.50. The Morgan fingerprint density at radius 1 is 1.24 bits per heavy atom. The molecule has 0 bridgehead atoms. The summed E-state index contributed by atoms with van der Waals surface area (Å²) in [7, 11) is 0. The number of hydroxylamine groups is 1. The van der Waals surface area contributed by atoms with E-state index in [9.17, 15) is 5.11 Å². The molecule has 3 rings (SSSR count). The summed E-state index contributed by atoms with van der Waals surface area (Å²) in [6.07, 6.45) is -1.44. The van der Waals surface area contributed by atoms with Crippen LogP contribution in [0.25, 0.3) is 0 Å². The fourth-order valence-corrected chi connectivity index (χ4v) is 2.62. The standard InChI is InChI=1S/C15H21NO5/c1-10-18-9-13-15(21-10)14(12(17)8-19-13)16-20-7-11-5-3-2-4-6-11/h2-6,10,12-17H,7-9H2,1H3/t10-,12+,13-,14-,15-/m1/s1. The first-order valence-corrected chi connectivity index (χ1v) is 7.22. The zero-order chi connectivity index (χ0) is 14.7. The summed E-state index contributed by atoms with van der Waals surface area (Å²) in [6.45, 7) is 2.97. The second-order valence-electron chi connectivity index (χ2n) is 5.36. The summed E-state index contributed by atoms with van der Waals surface area (Å²) >= 11 is 0. The Bertz CT molecular complexity index is 441. The molecule has 2 heterocycles. The van der Waals surface area contributed by atoms with Crippen molar-refractivity contribution in [3.63, 3.8) is 0 Å². The quantitative estimate of drug-likeness (QED) is 0.793. The SMILES string of the molecule is C[C@@H]1OC[C@H]2OC[C@H](O)[C@@H](NOCc3ccccc3)[C@@H]2O1. The Labute approximate surface area is 123 Å². The van der Waals surface area contributed by atoms with E-state index in [0.717, 1.165) is 5.56 Å². The summed E-state index contributed by atoms with van der Waals surface area (Å²) in [5.74, 6) is 0. The lowest BCUT2D eigenvalue weighted by molar-refractivity contribution is -0.294. The molecular weight excluding hydrogens is 274 g/mol. The maximum absolute atomic E-state index is 10.1. The summed E-state index contributed by atoms with van der Waals surface area (Å²) in [5, 5.41) is 10.1. The van der Waals surface area contributed by atoms with Crippen LogP contribution in [0, 0.1) is 0 Å². The van der Waals surface area contributed by atoms with Gasteiger partial charge < -0.3 is 19.3 Å². The Kier molecular flexibility index (Phi) is 4.84. The van der Waals surface area contributed by atoms with Crippen molar-refractivity contribution in [2.24, 2.45) is 0 Å². The summed E-state index contributed by atoms with van der Waals surface area (Å²) in [6, 6.07) is 9.51. The second-order valence-corrected chi connectivity index (χ2v) is 5.36. The molecule has 0 radical (unpaired) electrons. The molecule has 1 aromatic rings. The van der Waals surface area contributed by atoms with E-state index < -0.39 is 6.10 Å². The highest BCUT2D eigenvalue weighted by molar-refractivity contribution is 5.13. The normalized spacial score (nSPS) is 36.2. The number of hydrogen-bond acceptors (Lipinski definition) is 6. The van der Waals surface area contributed by atoms with Crippen LogP contribution >= 0.6 is 0 Å². The van der Waals surface area contributed by atoms with E-state index in [1.54, 1.807) is 0 Å². The topological polar surface area (TPSA) is 69.2 Å². The molecule has 116 valence electrons. The third-order valence-corrected chi connectivity index (χ3v) is 3.76. The molecular formula is C15H21NO5. The van der Waals surface area contributed by atoms with Crippen molar-refractivity contribution in [3.05, 3.63) is 35.9 Å². The van der Waals surface area contributed by atoms with E-state index in [4.69, 9.17) is 19.0 Å². The average molecular weight is 295 g/mol. The molecule has 21 heavy (non-hydrogen) atoms. The van der Waals surface area contributed by atoms with Gasteiger partial charge in [0, 0.05) is 0 Å². The lowest BCUT2D eigenvalue weighted by Gasteiger charge is -2.44. The van der Waals surface area contributed by atoms with Gasteiger partial charge in [-0.2, -0.15) is 5.48 Å². The molecule has 0 spiro atoms. The Balaban J connectivity index is 1.56. The third-order valence-electron chi connectivity index (χ3n) is 3.76. The van der Waals surface area contributed by atoms with Crippen LogP contribution in [0.5, 0.6) is 0 Å². The molecule has 0 saturated carbocycles. The van der Waals surface area contributed by atoms with E-state index in [1.165, 1.54) is 0 Å². The van der Waals surface area contributed by atoms with E-state index >= 15 is 0 Å². The van der Waals surface area contributed by atoms with E-state index in [1.807, 2.05) is 37.3 Å². The molecule has 2 N–H and O–H groups in total. The van der Waals surface area contributed by atoms with Crippen molar-refractivity contribution in [2.45, 2.75) is 44.2 Å². The van der Waals surface area contributed by atoms with Gasteiger partial charge in [-0.15, -0.1) is 0 Å². The Hall–Kier alpha value is -1.02. The molecule has 0 aliphatic carbocycles. The molecule has 6 heteroatoms. The smallest absolute Gasteiger partial charge is 0.155 e. The highest BCUT2D eigenvalue weighted by atomic mass is 16.7. The predicted octanol–water partition coefficient (Wildman–Crippen LogP) is 0.597. The summed E-state index contributed by atoms with van der Waals surface area (Å²) < 4.78 is 16.7. The van der Waals surface area contributed by atoms with Crippen LogP contribution in [0.1, 0.15) is 12.5 Å². The molecule has 6 nitrogen and oxygen atoms in total. The van der Waals surface area contributed by atoms with Crippen LogP contribution in [0.3, 0.4) is 0 Å². The highest BCUT2D eigenvalue weighted by Crippen LogP contribution is 2.25. The Morgan fingerprint density at radius 2 is 2.05 bits per heavy atom. The molecule has 2 aliphatic heterocycles. The van der Waals surface area contributed by atoms with Crippen LogP contribution in [-0.2, 0) is 25.7 Å². The molecule has 1 aromatic carbocycles. The van der Waals surface area contributed by atoms with Gasteiger partial charge in [-0.3, -0.25) is 4.84 Å². The maximum Gasteiger partial charge on any atom is 0.155 e. The van der Waals surface area contributed by atoms with E-state index in [2.05, 4.69) is 5.48 Å². The fraction of sp³-hybridized carbons (Fsp3) is 0.600. The van der Waals surface area contributed by atoms with Crippen LogP contribution in [0.2, 0.25) is 0 Å². The second kappa shape index (κ2) is 6.83. The number of nitrogens with one attached hydrogen (secondary N) is 1. The Morgan fingerprint density at radius 3 is 2.86 bits per heavy atom. The zero-order valence-electron chi connectivity index (χ0n) is 12.0. The van der Waals surface area contributed by atoms with Gasteiger partial charge in [-0.25, -0.2) is 0 Å². The molecule has 0 unspecified atom stereocenters. The number of aliphatic hydroxyl groups excluding tert-OH is 1. The van der Waals surface area contributed by atoms with Crippen molar-refractivity contribution >= 4 is 0 Å². The minimum absolute atomic E-state index is 0.178. The zero-order valence-corrected chi connectivity index (χ0v) is 12.0. The van der Waals surface area contributed by atoms with Gasteiger partial charge in [0.15, 0.2) is 6.29 Å². The van der Waals surface area contributed by atoms with Crippen molar-refractivity contribution in [2.75, 3.05) is 13.2 Å². The lowest BCUT2D eigenvalue weighted by Crippen LogP contribution is -2.63. The number of aliphatic hydroxyl groups is 1. The van der Waals surface area contributed by atoms with Gasteiger partial charge >= 0.3 is 0 Å². The molecule has 2 aliphatic rings. The number of ether oxygens (including phenoxy) is 3. The van der Waals surface area contributed by atoms with Crippen molar-refractivity contribution < 1.29 is 24.2 Å². The number of benzene rings is 1. The number of hydrogen-bond donors (Lipinski definition) is 2. The van der Waals surface area contributed by atoms with Crippen LogP contribution < -0.4 is 5.48 Å². The maximum atomic E-state index is 10.1. The van der Waals surface area contributed by atoms with Gasteiger partial charge in [0.05, 0.1) is 32.0 Å². The molecule has 2 saturated heterocycles. The van der Waals surface area contributed by atoms with Gasteiger partial charge in [0.25, 0.3) is 0 Å². The van der Waals surface area contributed by atoms with Gasteiger partial charge in [-0.05, 0) is 12.5 Å². The highest BCUT2D eigenvalue weighted by Gasteiger charge is 2.44. The van der Waals surface area contributed by atoms with Crippen molar-refractivity contribution in [3.8, 4) is 0 Å². The van der Waals surface area contributed by atoms with Gasteiger partial charge in [0.2, 0.25) is 0 Å². The largest absolute Gasteiger partial charge is 0.389 e. The van der Waals surface area contributed by atoms with Crippen LogP contribution in [0.4, 0.5) is 0 Å². The molecule has 0 aromatic heterocycles. The predicted molar refractivity (Wildman–Crippen MR) is 74.2 cm³/mol. The number of fused-ring (bicyclic) bond motifs is 1. The summed E-state index contributed by atoms with van der Waals surface area (Å²) in [5.41, 5.74) is 3.99. The number of rotatable bonds is 4. The van der Waals surface area contributed by atoms with Gasteiger partial charge in [0.1, 0.15) is 12.2 Å². The fourth-order valence-electron chi connectivity index (χ4n) is 2.62. The third kappa shape index (κ3) is 3.60. The van der Waals surface area contributed by atoms with Crippen LogP contribution in [0.15, 0.2) is 30.3 Å². The molecule has 5 atom stereocenters. The van der Waals surface area contributed by atoms with Gasteiger partial charge in [-0.1, -0.05) is 30.3 Å². The van der Waals surface area contributed by atoms with E-state index in [-0.39, 0.29) is 31.1 Å². The first kappa shape index (κ1) is 14.9. The monoisotopic (exact) mass is 295 g/mol. The summed E-state index contributed by atoms with van der Waals surface area (Å²) in [4.78, 5) is 5.53. The molecule has 0 amide bonds. The van der Waals surface area contributed by atoms with Crippen LogP contribution in [-0.4, -0.2) is 49.0 Å². The minimum Gasteiger partial charge on any atom is -0.389 e. The van der Waals surface area contributed by atoms with Crippen molar-refractivity contribution in [1.82, 2.24) is 5.48 Å². The first-order valence-electron chi connectivity index (χ1n) is 7.22. The minimum atomic E-state index is -0.674. The molecule has 2 fully saturated rings. The lowest BCUT2D eigenvalue weighted by atomic mass is 9.97.